The van der Waals surface area contributed by atoms with Crippen LogP contribution in [0.1, 0.15) is 11.1 Å². The summed E-state index contributed by atoms with van der Waals surface area (Å²) in [5, 5.41) is 8.30. The Hall–Kier alpha value is -3.68. The summed E-state index contributed by atoms with van der Waals surface area (Å²) in [5.74, 6) is 0.506. The number of aromatic nitrogens is 4. The first-order chi connectivity index (χ1) is 13.9. The first-order valence-corrected chi connectivity index (χ1v) is 8.70. The molecular formula is C21H15F3N4O. The van der Waals surface area contributed by atoms with Gasteiger partial charge in [0.05, 0.1) is 11.3 Å². The van der Waals surface area contributed by atoms with E-state index >= 15 is 0 Å². The van der Waals surface area contributed by atoms with E-state index in [1.54, 1.807) is 29.1 Å². The summed E-state index contributed by atoms with van der Waals surface area (Å²) >= 11 is 0. The number of pyridine rings is 1. The van der Waals surface area contributed by atoms with Crippen LogP contribution in [-0.2, 0) is 6.18 Å². The molecule has 0 bridgehead atoms. The molecule has 29 heavy (non-hydrogen) atoms. The monoisotopic (exact) mass is 396 g/mol. The normalized spacial score (nSPS) is 11.4. The van der Waals surface area contributed by atoms with Crippen LogP contribution in [0.5, 0.6) is 11.8 Å². The van der Waals surface area contributed by atoms with E-state index in [2.05, 4.69) is 15.2 Å². The Morgan fingerprint density at radius 3 is 2.38 bits per heavy atom. The number of halogens is 3. The van der Waals surface area contributed by atoms with Crippen LogP contribution in [-0.4, -0.2) is 19.7 Å². The minimum Gasteiger partial charge on any atom is -0.424 e. The topological polar surface area (TPSA) is 52.8 Å². The predicted octanol–water partition coefficient (Wildman–Crippen LogP) is 5.45. The standard InChI is InChI=1S/C21H15F3N4O/c1-14-5-2-3-8-18(14)28-19(15-9-11-25-12-10-15)26-27-20(28)29-17-7-4-6-16(13-17)21(22,23)24/h2-13H,1H3. The second kappa shape index (κ2) is 7.38. The lowest BCUT2D eigenvalue weighted by Gasteiger charge is -2.14. The third kappa shape index (κ3) is 3.82. The molecule has 4 aromatic rings. The minimum absolute atomic E-state index is 0.0170. The van der Waals surface area contributed by atoms with Gasteiger partial charge >= 0.3 is 12.2 Å². The molecule has 0 saturated heterocycles. The average Bonchev–Trinajstić information content (AvgIpc) is 3.12. The van der Waals surface area contributed by atoms with Gasteiger partial charge in [0.15, 0.2) is 5.82 Å². The highest BCUT2D eigenvalue weighted by molar-refractivity contribution is 5.60. The summed E-state index contributed by atoms with van der Waals surface area (Å²) in [6.45, 7) is 1.92. The Morgan fingerprint density at radius 2 is 1.66 bits per heavy atom. The molecule has 0 spiro atoms. The summed E-state index contributed by atoms with van der Waals surface area (Å²) in [5.41, 5.74) is 1.63. The van der Waals surface area contributed by atoms with Crippen LogP contribution in [0.3, 0.4) is 0 Å². The van der Waals surface area contributed by atoms with Crippen molar-refractivity contribution >= 4 is 0 Å². The number of nitrogens with zero attached hydrogens (tertiary/aromatic N) is 4. The zero-order valence-electron chi connectivity index (χ0n) is 15.3. The number of rotatable bonds is 4. The maximum Gasteiger partial charge on any atom is 0.416 e. The van der Waals surface area contributed by atoms with Crippen molar-refractivity contribution in [3.8, 4) is 28.8 Å². The van der Waals surface area contributed by atoms with E-state index in [1.807, 2.05) is 31.2 Å². The summed E-state index contributed by atoms with van der Waals surface area (Å²) in [7, 11) is 0. The Kier molecular flexibility index (Phi) is 4.75. The second-order valence-electron chi connectivity index (χ2n) is 6.29. The molecule has 0 atom stereocenters. The van der Waals surface area contributed by atoms with Gasteiger partial charge in [0.2, 0.25) is 0 Å². The molecule has 0 aliphatic heterocycles. The Morgan fingerprint density at radius 1 is 0.897 bits per heavy atom. The summed E-state index contributed by atoms with van der Waals surface area (Å²) in [4.78, 5) is 4.00. The van der Waals surface area contributed by atoms with Gasteiger partial charge in [-0.1, -0.05) is 29.4 Å². The summed E-state index contributed by atoms with van der Waals surface area (Å²) < 4.78 is 46.5. The highest BCUT2D eigenvalue weighted by atomic mass is 19.4. The molecule has 0 amide bonds. The zero-order valence-corrected chi connectivity index (χ0v) is 15.3. The number of para-hydroxylation sites is 1. The predicted molar refractivity (Wildman–Crippen MR) is 101 cm³/mol. The first-order valence-electron chi connectivity index (χ1n) is 8.70. The first kappa shape index (κ1) is 18.7. The third-order valence-electron chi connectivity index (χ3n) is 4.30. The van der Waals surface area contributed by atoms with Crippen molar-refractivity contribution in [2.45, 2.75) is 13.1 Å². The van der Waals surface area contributed by atoms with Crippen LogP contribution in [0, 0.1) is 6.92 Å². The van der Waals surface area contributed by atoms with E-state index in [0.29, 0.717) is 5.82 Å². The van der Waals surface area contributed by atoms with E-state index in [0.717, 1.165) is 28.9 Å². The van der Waals surface area contributed by atoms with Crippen LogP contribution in [0.2, 0.25) is 0 Å². The van der Waals surface area contributed by atoms with Gasteiger partial charge in [0, 0.05) is 18.0 Å². The minimum atomic E-state index is -4.47. The second-order valence-corrected chi connectivity index (χ2v) is 6.29. The Balaban J connectivity index is 1.83. The molecule has 8 heteroatoms. The van der Waals surface area contributed by atoms with E-state index in [-0.39, 0.29) is 11.8 Å². The van der Waals surface area contributed by atoms with Gasteiger partial charge in [0.25, 0.3) is 0 Å². The molecule has 2 aromatic heterocycles. The van der Waals surface area contributed by atoms with Crippen molar-refractivity contribution in [1.82, 2.24) is 19.7 Å². The van der Waals surface area contributed by atoms with Gasteiger partial charge in [-0.25, -0.2) is 4.57 Å². The smallest absolute Gasteiger partial charge is 0.416 e. The molecule has 0 radical (unpaired) electrons. The van der Waals surface area contributed by atoms with Crippen LogP contribution in [0.25, 0.3) is 17.1 Å². The number of aryl methyl sites for hydroxylation is 1. The molecule has 0 fully saturated rings. The van der Waals surface area contributed by atoms with Crippen molar-refractivity contribution in [1.29, 1.82) is 0 Å². The maximum atomic E-state index is 13.0. The lowest BCUT2D eigenvalue weighted by atomic mass is 10.2. The number of ether oxygens (including phenoxy) is 1. The van der Waals surface area contributed by atoms with Gasteiger partial charge in [-0.15, -0.1) is 5.10 Å². The fraction of sp³-hybridized carbons (Fsp3) is 0.0952. The van der Waals surface area contributed by atoms with E-state index in [1.165, 1.54) is 12.1 Å². The van der Waals surface area contributed by atoms with Gasteiger partial charge in [-0.3, -0.25) is 4.98 Å². The number of alkyl halides is 3. The van der Waals surface area contributed by atoms with Gasteiger partial charge in [0.1, 0.15) is 5.75 Å². The molecule has 5 nitrogen and oxygen atoms in total. The summed E-state index contributed by atoms with van der Waals surface area (Å²) in [6, 6.07) is 15.8. The SMILES string of the molecule is Cc1ccccc1-n1c(Oc2cccc(C(F)(F)F)c2)nnc1-c1ccncc1. The molecule has 0 aliphatic carbocycles. The fourth-order valence-corrected chi connectivity index (χ4v) is 2.90. The number of hydrogen-bond donors (Lipinski definition) is 0. The van der Waals surface area contributed by atoms with E-state index in [9.17, 15) is 13.2 Å². The van der Waals surface area contributed by atoms with Crippen LogP contribution in [0.4, 0.5) is 13.2 Å². The van der Waals surface area contributed by atoms with Crippen LogP contribution in [0.15, 0.2) is 73.1 Å². The van der Waals surface area contributed by atoms with Crippen molar-refractivity contribution in [2.75, 3.05) is 0 Å². The Bertz CT molecular complexity index is 1140. The molecule has 0 unspecified atom stereocenters. The van der Waals surface area contributed by atoms with Crippen molar-refractivity contribution in [3.05, 3.63) is 84.2 Å². The number of hydrogen-bond acceptors (Lipinski definition) is 4. The highest BCUT2D eigenvalue weighted by Gasteiger charge is 2.31. The molecule has 0 saturated carbocycles. The molecule has 0 aliphatic rings. The Labute approximate surface area is 164 Å². The largest absolute Gasteiger partial charge is 0.424 e. The quantitative estimate of drug-likeness (QED) is 0.460. The van der Waals surface area contributed by atoms with Gasteiger partial charge in [-0.2, -0.15) is 13.2 Å². The van der Waals surface area contributed by atoms with E-state index < -0.39 is 11.7 Å². The molecule has 0 N–H and O–H groups in total. The zero-order chi connectivity index (χ0) is 20.4. The highest BCUT2D eigenvalue weighted by Crippen LogP contribution is 2.34. The number of benzene rings is 2. The molecule has 2 heterocycles. The molecule has 146 valence electrons. The van der Waals surface area contributed by atoms with Gasteiger partial charge in [-0.05, 0) is 48.9 Å². The van der Waals surface area contributed by atoms with Crippen LogP contribution >= 0.6 is 0 Å². The third-order valence-corrected chi connectivity index (χ3v) is 4.30. The van der Waals surface area contributed by atoms with Crippen molar-refractivity contribution < 1.29 is 17.9 Å². The average molecular weight is 396 g/mol. The molecule has 4 rings (SSSR count). The molecule has 2 aromatic carbocycles. The van der Waals surface area contributed by atoms with Gasteiger partial charge < -0.3 is 4.74 Å². The van der Waals surface area contributed by atoms with Crippen molar-refractivity contribution in [3.63, 3.8) is 0 Å². The van der Waals surface area contributed by atoms with Crippen LogP contribution < -0.4 is 4.74 Å². The lowest BCUT2D eigenvalue weighted by molar-refractivity contribution is -0.137. The molecular weight excluding hydrogens is 381 g/mol. The van der Waals surface area contributed by atoms with Crippen molar-refractivity contribution in [2.24, 2.45) is 0 Å². The van der Waals surface area contributed by atoms with E-state index in [4.69, 9.17) is 4.74 Å². The maximum absolute atomic E-state index is 13.0. The fourth-order valence-electron chi connectivity index (χ4n) is 2.90. The lowest BCUT2D eigenvalue weighted by Crippen LogP contribution is -2.05. The summed E-state index contributed by atoms with van der Waals surface area (Å²) in [6.07, 6.45) is -1.22.